The number of alkyl halides is 3. The number of nitrogens with one attached hydrogen (secondary N) is 1. The van der Waals surface area contributed by atoms with Crippen molar-refractivity contribution in [3.63, 3.8) is 0 Å². The van der Waals surface area contributed by atoms with Crippen LogP contribution in [-0.4, -0.2) is 31.1 Å². The fourth-order valence-corrected chi connectivity index (χ4v) is 3.31. The van der Waals surface area contributed by atoms with Crippen LogP contribution in [0.15, 0.2) is 71.8 Å². The Morgan fingerprint density at radius 3 is 2.47 bits per heavy atom. The number of hydrogen-bond donors (Lipinski definition) is 2. The van der Waals surface area contributed by atoms with Gasteiger partial charge in [-0.2, -0.15) is 27.8 Å². The summed E-state index contributed by atoms with van der Waals surface area (Å²) in [7, 11) is 0. The standard InChI is InChI=1S/C21H16F3N7O3/c22-21(23,24)14-7-4-8-15(9-14)30(19(25)34)28-17(32)11-29-16(13-5-2-1-3-6-13)10-18(33)31-20(29)26-12-27-31/h1-10,12H,11H2,(H2,25,34)(H,28,32). The summed E-state index contributed by atoms with van der Waals surface area (Å²) < 4.78 is 41.6. The number of benzene rings is 2. The van der Waals surface area contributed by atoms with Crippen molar-refractivity contribution >= 4 is 23.4 Å². The van der Waals surface area contributed by atoms with Crippen molar-refractivity contribution in [3.8, 4) is 11.3 Å². The summed E-state index contributed by atoms with van der Waals surface area (Å²) >= 11 is 0. The third-order valence-electron chi connectivity index (χ3n) is 4.79. The monoisotopic (exact) mass is 471 g/mol. The number of hydrogen-bond acceptors (Lipinski definition) is 5. The van der Waals surface area contributed by atoms with Gasteiger partial charge in [0.1, 0.15) is 12.9 Å². The van der Waals surface area contributed by atoms with Crippen molar-refractivity contribution in [3.05, 3.63) is 82.9 Å². The molecule has 0 saturated carbocycles. The number of hydrazine groups is 1. The van der Waals surface area contributed by atoms with Crippen LogP contribution in [0.3, 0.4) is 0 Å². The fourth-order valence-electron chi connectivity index (χ4n) is 3.31. The Balaban J connectivity index is 1.69. The molecule has 0 aliphatic heterocycles. The largest absolute Gasteiger partial charge is 0.416 e. The van der Waals surface area contributed by atoms with E-state index >= 15 is 0 Å². The average Bonchev–Trinajstić information content (AvgIpc) is 3.30. The maximum Gasteiger partial charge on any atom is 0.416 e. The first-order valence-electron chi connectivity index (χ1n) is 9.70. The predicted molar refractivity (Wildman–Crippen MR) is 114 cm³/mol. The lowest BCUT2D eigenvalue weighted by atomic mass is 10.1. The first-order valence-corrected chi connectivity index (χ1v) is 9.70. The van der Waals surface area contributed by atoms with Crippen molar-refractivity contribution in [1.82, 2.24) is 24.6 Å². The number of aromatic nitrogens is 4. The summed E-state index contributed by atoms with van der Waals surface area (Å²) in [5.41, 5.74) is 6.65. The minimum Gasteiger partial charge on any atom is -0.350 e. The maximum absolute atomic E-state index is 13.1. The third kappa shape index (κ3) is 4.44. The number of carbonyl (C=O) groups is 2. The summed E-state index contributed by atoms with van der Waals surface area (Å²) in [6.45, 7) is -0.463. The molecule has 0 saturated heterocycles. The first kappa shape index (κ1) is 22.5. The van der Waals surface area contributed by atoms with Gasteiger partial charge in [-0.05, 0) is 23.8 Å². The summed E-state index contributed by atoms with van der Waals surface area (Å²) in [5, 5.41) is 4.34. The second kappa shape index (κ2) is 8.69. The molecule has 0 radical (unpaired) electrons. The minimum absolute atomic E-state index is 0.0474. The molecule has 2 heterocycles. The van der Waals surface area contributed by atoms with Crippen LogP contribution in [0, 0.1) is 0 Å². The SMILES string of the molecule is NC(=O)N(NC(=O)Cn1c(-c2ccccc2)cc(=O)n2ncnc12)c1cccc(C(F)(F)F)c1. The predicted octanol–water partition coefficient (Wildman–Crippen LogP) is 2.19. The molecule has 13 heteroatoms. The quantitative estimate of drug-likeness (QED) is 0.441. The van der Waals surface area contributed by atoms with E-state index in [1.54, 1.807) is 30.3 Å². The van der Waals surface area contributed by atoms with Crippen LogP contribution in [0.1, 0.15) is 5.56 Å². The van der Waals surface area contributed by atoms with E-state index < -0.39 is 35.8 Å². The summed E-state index contributed by atoms with van der Waals surface area (Å²) in [4.78, 5) is 41.3. The summed E-state index contributed by atoms with van der Waals surface area (Å²) in [5.74, 6) is -0.770. The Hall–Kier alpha value is -4.68. The molecule has 4 aromatic rings. The molecular formula is C21H16F3N7O3. The van der Waals surface area contributed by atoms with Gasteiger partial charge in [-0.3, -0.25) is 15.0 Å². The molecule has 4 rings (SSSR count). The number of rotatable bonds is 4. The lowest BCUT2D eigenvalue weighted by Gasteiger charge is -2.23. The van der Waals surface area contributed by atoms with Crippen molar-refractivity contribution in [2.75, 3.05) is 5.01 Å². The van der Waals surface area contributed by atoms with Crippen LogP contribution in [0.2, 0.25) is 0 Å². The van der Waals surface area contributed by atoms with E-state index in [9.17, 15) is 27.6 Å². The Bertz CT molecular complexity index is 1430. The molecule has 2 aromatic heterocycles. The van der Waals surface area contributed by atoms with Gasteiger partial charge >= 0.3 is 12.2 Å². The summed E-state index contributed by atoms with van der Waals surface area (Å²) in [6, 6.07) is 12.5. The second-order valence-corrected chi connectivity index (χ2v) is 7.05. The van der Waals surface area contributed by atoms with Crippen molar-refractivity contribution in [1.29, 1.82) is 0 Å². The van der Waals surface area contributed by atoms with E-state index in [0.717, 1.165) is 23.0 Å². The maximum atomic E-state index is 13.1. The van der Waals surface area contributed by atoms with E-state index in [1.807, 2.05) is 0 Å². The van der Waals surface area contributed by atoms with Gasteiger partial charge in [0.25, 0.3) is 11.5 Å². The van der Waals surface area contributed by atoms with Gasteiger partial charge in [-0.25, -0.2) is 9.80 Å². The van der Waals surface area contributed by atoms with Gasteiger partial charge in [-0.15, -0.1) is 0 Å². The molecular weight excluding hydrogens is 455 g/mol. The van der Waals surface area contributed by atoms with Gasteiger partial charge in [0.15, 0.2) is 0 Å². The van der Waals surface area contributed by atoms with Gasteiger partial charge in [0.2, 0.25) is 5.78 Å². The van der Waals surface area contributed by atoms with Crippen LogP contribution < -0.4 is 21.7 Å². The van der Waals surface area contributed by atoms with Crippen molar-refractivity contribution in [2.45, 2.75) is 12.7 Å². The van der Waals surface area contributed by atoms with E-state index in [-0.39, 0.29) is 11.5 Å². The van der Waals surface area contributed by atoms with Gasteiger partial charge < -0.3 is 10.3 Å². The van der Waals surface area contributed by atoms with E-state index in [2.05, 4.69) is 15.5 Å². The molecule has 3 N–H and O–H groups in total. The highest BCUT2D eigenvalue weighted by Gasteiger charge is 2.31. The van der Waals surface area contributed by atoms with Crippen LogP contribution in [-0.2, 0) is 17.5 Å². The second-order valence-electron chi connectivity index (χ2n) is 7.05. The number of halogens is 3. The molecule has 0 unspecified atom stereocenters. The fraction of sp³-hybridized carbons (Fsp3) is 0.0952. The minimum atomic E-state index is -4.66. The Morgan fingerprint density at radius 2 is 1.79 bits per heavy atom. The van der Waals surface area contributed by atoms with E-state index in [1.165, 1.54) is 16.7 Å². The van der Waals surface area contributed by atoms with Crippen LogP contribution in [0.4, 0.5) is 23.7 Å². The summed E-state index contributed by atoms with van der Waals surface area (Å²) in [6.07, 6.45) is -3.53. The lowest BCUT2D eigenvalue weighted by Crippen LogP contribution is -2.50. The van der Waals surface area contributed by atoms with Crippen molar-refractivity contribution < 1.29 is 22.8 Å². The molecule has 0 bridgehead atoms. The van der Waals surface area contributed by atoms with E-state index in [4.69, 9.17) is 5.73 Å². The number of anilines is 1. The molecule has 0 aliphatic carbocycles. The van der Waals surface area contributed by atoms with Crippen LogP contribution >= 0.6 is 0 Å². The van der Waals surface area contributed by atoms with Gasteiger partial charge in [-0.1, -0.05) is 36.4 Å². The zero-order chi connectivity index (χ0) is 24.5. The Morgan fingerprint density at radius 1 is 1.06 bits per heavy atom. The molecule has 2 aromatic carbocycles. The normalized spacial score (nSPS) is 11.4. The number of carbonyl (C=O) groups excluding carboxylic acids is 2. The average molecular weight is 471 g/mol. The van der Waals surface area contributed by atoms with Crippen molar-refractivity contribution in [2.24, 2.45) is 5.73 Å². The van der Waals surface area contributed by atoms with Crippen LogP contribution in [0.5, 0.6) is 0 Å². The number of fused-ring (bicyclic) bond motifs is 1. The highest BCUT2D eigenvalue weighted by atomic mass is 19.4. The zero-order valence-electron chi connectivity index (χ0n) is 17.2. The molecule has 174 valence electrons. The Kier molecular flexibility index (Phi) is 5.75. The molecule has 0 spiro atoms. The Labute approximate surface area is 189 Å². The number of amides is 3. The zero-order valence-corrected chi connectivity index (χ0v) is 17.2. The number of nitrogens with zero attached hydrogens (tertiary/aromatic N) is 5. The number of primary amides is 1. The number of nitrogens with two attached hydrogens (primary N) is 1. The van der Waals surface area contributed by atoms with E-state index in [0.29, 0.717) is 22.3 Å². The molecule has 0 aliphatic rings. The molecule has 3 amide bonds. The molecule has 34 heavy (non-hydrogen) atoms. The highest BCUT2D eigenvalue weighted by Crippen LogP contribution is 2.31. The smallest absolute Gasteiger partial charge is 0.350 e. The highest BCUT2D eigenvalue weighted by molar-refractivity contribution is 5.94. The van der Waals surface area contributed by atoms with Crippen LogP contribution in [0.25, 0.3) is 17.0 Å². The first-order chi connectivity index (χ1) is 16.1. The molecule has 0 fully saturated rings. The number of urea groups is 1. The third-order valence-corrected chi connectivity index (χ3v) is 4.79. The lowest BCUT2D eigenvalue weighted by molar-refractivity contribution is -0.137. The topological polar surface area (TPSA) is 128 Å². The molecule has 10 nitrogen and oxygen atoms in total. The molecule has 0 atom stereocenters. The van der Waals surface area contributed by atoms with Gasteiger partial charge in [0.05, 0.1) is 16.9 Å². The van der Waals surface area contributed by atoms with Gasteiger partial charge in [0, 0.05) is 6.07 Å².